The van der Waals surface area contributed by atoms with Crippen molar-refractivity contribution < 1.29 is 0 Å². The van der Waals surface area contributed by atoms with Gasteiger partial charge in [-0.15, -0.1) is 0 Å². The van der Waals surface area contributed by atoms with Gasteiger partial charge in [-0.3, -0.25) is 0 Å². The van der Waals surface area contributed by atoms with Gasteiger partial charge in [-0.25, -0.2) is 9.97 Å². The fourth-order valence-corrected chi connectivity index (χ4v) is 9.14. The fraction of sp³-hybridized carbons (Fsp3) is 0.120. The molecule has 2 heteroatoms. The summed E-state index contributed by atoms with van der Waals surface area (Å²) in [5, 5.41) is 2.39. The average Bonchev–Trinajstić information content (AvgIpc) is 3.57. The normalized spacial score (nSPS) is 14.5. The van der Waals surface area contributed by atoms with Crippen LogP contribution in [0.5, 0.6) is 0 Å². The maximum absolute atomic E-state index is 5.31. The zero-order chi connectivity index (χ0) is 35.2. The predicted octanol–water partition coefficient (Wildman–Crippen LogP) is 12.9. The van der Waals surface area contributed by atoms with Crippen molar-refractivity contribution in [3.05, 3.63) is 180 Å². The largest absolute Gasteiger partial charge is 0.228 e. The molecule has 8 aromatic rings. The van der Waals surface area contributed by atoms with E-state index in [1.54, 1.807) is 0 Å². The lowest BCUT2D eigenvalue weighted by Crippen LogP contribution is -2.14. The first-order chi connectivity index (χ1) is 25.3. The lowest BCUT2D eigenvalue weighted by atomic mass is 9.81. The molecule has 2 aliphatic carbocycles. The molecular weight excluding hydrogens is 629 g/mol. The lowest BCUT2D eigenvalue weighted by Gasteiger charge is -2.22. The Morgan fingerprint density at radius 2 is 0.788 bits per heavy atom. The molecule has 1 aromatic heterocycles. The Morgan fingerprint density at radius 1 is 0.346 bits per heavy atom. The smallest absolute Gasteiger partial charge is 0.160 e. The first-order valence-corrected chi connectivity index (χ1v) is 18.3. The van der Waals surface area contributed by atoms with E-state index in [0.29, 0.717) is 0 Å². The third-order valence-corrected chi connectivity index (χ3v) is 11.7. The van der Waals surface area contributed by atoms with E-state index in [4.69, 9.17) is 9.97 Å². The molecule has 0 bridgehead atoms. The molecule has 0 saturated carbocycles. The van der Waals surface area contributed by atoms with E-state index in [2.05, 4.69) is 179 Å². The van der Waals surface area contributed by atoms with Gasteiger partial charge in [-0.2, -0.15) is 0 Å². The van der Waals surface area contributed by atoms with Crippen LogP contribution in [-0.4, -0.2) is 9.97 Å². The number of nitrogens with zero attached hydrogens (tertiary/aromatic N) is 2. The Morgan fingerprint density at radius 3 is 1.42 bits per heavy atom. The summed E-state index contributed by atoms with van der Waals surface area (Å²) in [4.78, 5) is 10.6. The molecule has 0 aliphatic heterocycles. The summed E-state index contributed by atoms with van der Waals surface area (Å²) in [6.45, 7) is 9.36. The predicted molar refractivity (Wildman–Crippen MR) is 216 cm³/mol. The third-order valence-electron chi connectivity index (χ3n) is 11.7. The zero-order valence-electron chi connectivity index (χ0n) is 29.9. The molecule has 52 heavy (non-hydrogen) atoms. The number of hydrogen-bond acceptors (Lipinski definition) is 2. The van der Waals surface area contributed by atoms with E-state index in [-0.39, 0.29) is 10.8 Å². The van der Waals surface area contributed by atoms with Gasteiger partial charge in [0.1, 0.15) is 0 Å². The monoisotopic (exact) mass is 666 g/mol. The minimum Gasteiger partial charge on any atom is -0.228 e. The highest BCUT2D eigenvalue weighted by Crippen LogP contribution is 2.54. The molecule has 0 radical (unpaired) electrons. The van der Waals surface area contributed by atoms with Crippen LogP contribution < -0.4 is 0 Å². The summed E-state index contributed by atoms with van der Waals surface area (Å²) in [6.07, 6.45) is 0. The van der Waals surface area contributed by atoms with Crippen molar-refractivity contribution in [1.29, 1.82) is 0 Å². The van der Waals surface area contributed by atoms with Crippen molar-refractivity contribution in [2.45, 2.75) is 38.5 Å². The van der Waals surface area contributed by atoms with Crippen molar-refractivity contribution in [3.63, 3.8) is 0 Å². The second-order valence-electron chi connectivity index (χ2n) is 15.3. The third kappa shape index (κ3) is 4.37. The van der Waals surface area contributed by atoms with Crippen LogP contribution >= 0.6 is 0 Å². The highest BCUT2D eigenvalue weighted by molar-refractivity contribution is 6.08. The Labute approximate surface area is 305 Å². The molecule has 0 saturated heterocycles. The van der Waals surface area contributed by atoms with Gasteiger partial charge in [0.15, 0.2) is 5.82 Å². The second kappa shape index (κ2) is 11.2. The Balaban J connectivity index is 1.21. The summed E-state index contributed by atoms with van der Waals surface area (Å²) in [5.74, 6) is 0.726. The summed E-state index contributed by atoms with van der Waals surface area (Å²) < 4.78 is 0. The standard InChI is InChI=1S/C50H38N2/c1-49(2)40-24-12-10-20-37(40)46-36(22-14-26-42(46)49)34-28-29-35(33-19-9-8-18-32(33)34)44-30-45(52-48(51-44)31-16-6-5-7-17-31)39-23-15-27-43-47(39)38-21-11-13-25-41(38)50(43,3)4/h5-30H,1-4H3. The Kier molecular flexibility index (Phi) is 6.60. The molecule has 1 heterocycles. The molecule has 0 atom stereocenters. The second-order valence-corrected chi connectivity index (χ2v) is 15.3. The number of fused-ring (bicyclic) bond motifs is 7. The first-order valence-electron chi connectivity index (χ1n) is 18.3. The number of benzene rings is 7. The molecular formula is C50H38N2. The van der Waals surface area contributed by atoms with Crippen molar-refractivity contribution in [2.75, 3.05) is 0 Å². The minimum absolute atomic E-state index is 0.0593. The first kappa shape index (κ1) is 30.7. The van der Waals surface area contributed by atoms with Gasteiger partial charge < -0.3 is 0 Å². The fourth-order valence-electron chi connectivity index (χ4n) is 9.14. The molecule has 7 aromatic carbocycles. The zero-order valence-corrected chi connectivity index (χ0v) is 29.9. The van der Waals surface area contributed by atoms with Crippen LogP contribution in [0.4, 0.5) is 0 Å². The van der Waals surface area contributed by atoms with Crippen molar-refractivity contribution in [2.24, 2.45) is 0 Å². The molecule has 0 N–H and O–H groups in total. The van der Waals surface area contributed by atoms with E-state index in [1.165, 1.54) is 66.4 Å². The van der Waals surface area contributed by atoms with Crippen molar-refractivity contribution in [1.82, 2.24) is 9.97 Å². The summed E-state index contributed by atoms with van der Waals surface area (Å²) in [7, 11) is 0. The van der Waals surface area contributed by atoms with E-state index >= 15 is 0 Å². The number of hydrogen-bond donors (Lipinski definition) is 0. The lowest BCUT2D eigenvalue weighted by molar-refractivity contribution is 0.660. The van der Waals surface area contributed by atoms with Gasteiger partial charge in [0.05, 0.1) is 11.4 Å². The molecule has 0 spiro atoms. The van der Waals surface area contributed by atoms with Crippen LogP contribution in [0.2, 0.25) is 0 Å². The highest BCUT2D eigenvalue weighted by Gasteiger charge is 2.38. The SMILES string of the molecule is CC1(C)c2ccccc2-c2c(-c3cc(-c4ccc(-c5cccc6c5-c5ccccc5C6(C)C)c5ccccc45)nc(-c4ccccc4)n3)cccc21. The molecule has 10 rings (SSSR count). The van der Waals surface area contributed by atoms with Crippen LogP contribution in [0.1, 0.15) is 49.9 Å². The molecule has 2 nitrogen and oxygen atoms in total. The molecule has 248 valence electrons. The van der Waals surface area contributed by atoms with Gasteiger partial charge in [-0.05, 0) is 72.5 Å². The number of rotatable bonds is 4. The van der Waals surface area contributed by atoms with Gasteiger partial charge in [-0.1, -0.05) is 179 Å². The average molecular weight is 667 g/mol. The Hall–Kier alpha value is -6.12. The van der Waals surface area contributed by atoms with Gasteiger partial charge in [0.25, 0.3) is 0 Å². The minimum atomic E-state index is -0.0978. The molecule has 0 unspecified atom stereocenters. The van der Waals surface area contributed by atoms with Crippen LogP contribution in [0.3, 0.4) is 0 Å². The van der Waals surface area contributed by atoms with Gasteiger partial charge in [0, 0.05) is 27.5 Å². The van der Waals surface area contributed by atoms with Crippen LogP contribution in [0.15, 0.2) is 158 Å². The van der Waals surface area contributed by atoms with Gasteiger partial charge >= 0.3 is 0 Å². The van der Waals surface area contributed by atoms with E-state index in [9.17, 15) is 0 Å². The van der Waals surface area contributed by atoms with E-state index in [0.717, 1.165) is 33.9 Å². The van der Waals surface area contributed by atoms with Crippen LogP contribution in [0, 0.1) is 0 Å². The van der Waals surface area contributed by atoms with E-state index < -0.39 is 0 Å². The summed E-state index contributed by atoms with van der Waals surface area (Å²) >= 11 is 0. The summed E-state index contributed by atoms with van der Waals surface area (Å²) in [5.41, 5.74) is 18.1. The number of aromatic nitrogens is 2. The quantitative estimate of drug-likeness (QED) is 0.187. The van der Waals surface area contributed by atoms with Gasteiger partial charge in [0.2, 0.25) is 0 Å². The maximum atomic E-state index is 5.31. The molecule has 2 aliphatic rings. The van der Waals surface area contributed by atoms with Crippen LogP contribution in [-0.2, 0) is 10.8 Å². The Bertz CT molecular complexity index is 2730. The molecule has 0 fully saturated rings. The molecule has 0 amide bonds. The topological polar surface area (TPSA) is 25.8 Å². The van der Waals surface area contributed by atoms with E-state index in [1.807, 2.05) is 6.07 Å². The maximum Gasteiger partial charge on any atom is 0.160 e. The summed E-state index contributed by atoms with van der Waals surface area (Å²) in [6, 6.07) is 57.3. The highest BCUT2D eigenvalue weighted by atomic mass is 14.9. The van der Waals surface area contributed by atoms with Crippen molar-refractivity contribution >= 4 is 10.8 Å². The van der Waals surface area contributed by atoms with Crippen molar-refractivity contribution in [3.8, 4) is 67.3 Å². The van der Waals surface area contributed by atoms with Crippen LogP contribution in [0.25, 0.3) is 78.1 Å².